The van der Waals surface area contributed by atoms with Crippen molar-refractivity contribution in [2.45, 2.75) is 6.92 Å². The highest BCUT2D eigenvalue weighted by Gasteiger charge is 2.08. The third kappa shape index (κ3) is 4.94. The second-order valence-corrected chi connectivity index (χ2v) is 6.70. The molecule has 1 heterocycles. The van der Waals surface area contributed by atoms with Crippen molar-refractivity contribution in [3.05, 3.63) is 49.5 Å². The molecule has 0 atom stereocenters. The fraction of sp³-hybridized carbons (Fsp3) is 0.143. The van der Waals surface area contributed by atoms with Crippen molar-refractivity contribution in [1.29, 1.82) is 0 Å². The van der Waals surface area contributed by atoms with Gasteiger partial charge in [0.05, 0.1) is 15.1 Å². The highest BCUT2D eigenvalue weighted by atomic mass is 79.9. The Morgan fingerprint density at radius 3 is 2.81 bits per heavy atom. The molecule has 0 aliphatic heterocycles. The number of hydrogen-bond donors (Lipinski definition) is 0. The van der Waals surface area contributed by atoms with Gasteiger partial charge in [0.1, 0.15) is 5.75 Å². The SMILES string of the molecule is CC(=NOC(=O)COc1ccc(Br)cc1Br)c1cccs1. The molecule has 0 fully saturated rings. The number of rotatable bonds is 5. The predicted octanol–water partition coefficient (Wildman–Crippen LogP) is 4.62. The first-order chi connectivity index (χ1) is 10.1. The second-order valence-electron chi connectivity index (χ2n) is 3.98. The summed E-state index contributed by atoms with van der Waals surface area (Å²) in [7, 11) is 0. The first kappa shape index (κ1) is 16.2. The summed E-state index contributed by atoms with van der Waals surface area (Å²) in [5, 5.41) is 5.73. The Hall–Kier alpha value is -1.18. The molecule has 0 saturated heterocycles. The highest BCUT2D eigenvalue weighted by Crippen LogP contribution is 2.28. The summed E-state index contributed by atoms with van der Waals surface area (Å²) >= 11 is 8.23. The zero-order chi connectivity index (χ0) is 15.2. The molecule has 7 heteroatoms. The number of thiophene rings is 1. The molecule has 0 spiro atoms. The summed E-state index contributed by atoms with van der Waals surface area (Å²) in [6.45, 7) is 1.58. The van der Waals surface area contributed by atoms with E-state index in [2.05, 4.69) is 37.0 Å². The highest BCUT2D eigenvalue weighted by molar-refractivity contribution is 9.11. The van der Waals surface area contributed by atoms with Crippen molar-refractivity contribution in [2.24, 2.45) is 5.16 Å². The van der Waals surface area contributed by atoms with Crippen molar-refractivity contribution < 1.29 is 14.4 Å². The standard InChI is InChI=1S/C14H11Br2NO3S/c1-9(13-3-2-6-21-13)17-20-14(18)8-19-12-5-4-10(15)7-11(12)16/h2-7H,8H2,1H3. The van der Waals surface area contributed by atoms with Crippen LogP contribution in [0.2, 0.25) is 0 Å². The largest absolute Gasteiger partial charge is 0.481 e. The lowest BCUT2D eigenvalue weighted by atomic mass is 10.3. The predicted molar refractivity (Wildman–Crippen MR) is 90.0 cm³/mol. The van der Waals surface area contributed by atoms with E-state index in [9.17, 15) is 4.79 Å². The van der Waals surface area contributed by atoms with E-state index in [1.54, 1.807) is 13.0 Å². The Balaban J connectivity index is 1.86. The number of carbonyl (C=O) groups is 1. The van der Waals surface area contributed by atoms with Crippen LogP contribution in [0.1, 0.15) is 11.8 Å². The van der Waals surface area contributed by atoms with Crippen LogP contribution >= 0.6 is 43.2 Å². The Kier molecular flexibility index (Phi) is 5.96. The minimum absolute atomic E-state index is 0.207. The van der Waals surface area contributed by atoms with Crippen LogP contribution in [0, 0.1) is 0 Å². The zero-order valence-corrected chi connectivity index (χ0v) is 15.0. The van der Waals surface area contributed by atoms with Gasteiger partial charge in [-0.25, -0.2) is 4.79 Å². The maximum atomic E-state index is 11.6. The second kappa shape index (κ2) is 7.72. The van der Waals surface area contributed by atoms with Gasteiger partial charge in [-0.1, -0.05) is 27.2 Å². The van der Waals surface area contributed by atoms with E-state index in [1.165, 1.54) is 11.3 Å². The van der Waals surface area contributed by atoms with Gasteiger partial charge < -0.3 is 9.57 Å². The van der Waals surface area contributed by atoms with Gasteiger partial charge in [-0.05, 0) is 52.5 Å². The normalized spacial score (nSPS) is 11.3. The lowest BCUT2D eigenvalue weighted by Gasteiger charge is -2.06. The first-order valence-corrected chi connectivity index (χ1v) is 8.39. The number of carbonyl (C=O) groups excluding carboxylic acids is 1. The molecule has 0 radical (unpaired) electrons. The molecule has 0 bridgehead atoms. The van der Waals surface area contributed by atoms with E-state index >= 15 is 0 Å². The van der Waals surface area contributed by atoms with Gasteiger partial charge in [-0.15, -0.1) is 11.3 Å². The van der Waals surface area contributed by atoms with Gasteiger partial charge in [-0.2, -0.15) is 0 Å². The molecule has 1 aromatic carbocycles. The average Bonchev–Trinajstić information content (AvgIpc) is 2.98. The average molecular weight is 433 g/mol. The van der Waals surface area contributed by atoms with Crippen LogP contribution in [0.5, 0.6) is 5.75 Å². The van der Waals surface area contributed by atoms with Crippen LogP contribution in [0.15, 0.2) is 49.8 Å². The van der Waals surface area contributed by atoms with Crippen molar-refractivity contribution in [2.75, 3.05) is 6.61 Å². The van der Waals surface area contributed by atoms with E-state index in [0.717, 1.165) is 13.8 Å². The summed E-state index contributed by atoms with van der Waals surface area (Å²) in [4.78, 5) is 17.4. The summed E-state index contributed by atoms with van der Waals surface area (Å²) < 4.78 is 7.04. The number of ether oxygens (including phenoxy) is 1. The van der Waals surface area contributed by atoms with Crippen molar-refractivity contribution >= 4 is 54.9 Å². The maximum Gasteiger partial charge on any atom is 0.372 e. The van der Waals surface area contributed by atoms with E-state index < -0.39 is 5.97 Å². The third-order valence-corrected chi connectivity index (χ3v) is 4.49. The van der Waals surface area contributed by atoms with Crippen LogP contribution in [0.4, 0.5) is 0 Å². The van der Waals surface area contributed by atoms with Crippen LogP contribution in [0.3, 0.4) is 0 Å². The Labute approximate surface area is 143 Å². The maximum absolute atomic E-state index is 11.6. The van der Waals surface area contributed by atoms with Gasteiger partial charge >= 0.3 is 5.97 Å². The van der Waals surface area contributed by atoms with Crippen molar-refractivity contribution in [1.82, 2.24) is 0 Å². The number of hydrogen-bond acceptors (Lipinski definition) is 5. The van der Waals surface area contributed by atoms with Crippen LogP contribution < -0.4 is 4.74 Å². The lowest BCUT2D eigenvalue weighted by Crippen LogP contribution is -2.13. The molecule has 0 aliphatic rings. The number of oxime groups is 1. The van der Waals surface area contributed by atoms with E-state index in [0.29, 0.717) is 11.5 Å². The molecular weight excluding hydrogens is 422 g/mol. The molecule has 0 N–H and O–H groups in total. The molecule has 110 valence electrons. The Morgan fingerprint density at radius 2 is 2.14 bits per heavy atom. The van der Waals surface area contributed by atoms with E-state index in [-0.39, 0.29) is 6.61 Å². The first-order valence-electron chi connectivity index (χ1n) is 5.92. The Bertz CT molecular complexity index is 656. The molecule has 0 amide bonds. The number of benzene rings is 1. The third-order valence-electron chi connectivity index (χ3n) is 2.40. The van der Waals surface area contributed by atoms with Gasteiger partial charge in [0.15, 0.2) is 6.61 Å². The van der Waals surface area contributed by atoms with Gasteiger partial charge in [0, 0.05) is 4.47 Å². The topological polar surface area (TPSA) is 47.9 Å². The summed E-state index contributed by atoms with van der Waals surface area (Å²) in [5.74, 6) is 0.00910. The summed E-state index contributed by atoms with van der Waals surface area (Å²) in [5.41, 5.74) is 0.656. The van der Waals surface area contributed by atoms with Crippen LogP contribution in [0.25, 0.3) is 0 Å². The van der Waals surface area contributed by atoms with Crippen molar-refractivity contribution in [3.63, 3.8) is 0 Å². The fourth-order valence-electron chi connectivity index (χ4n) is 1.40. The number of nitrogens with zero attached hydrogens (tertiary/aromatic N) is 1. The van der Waals surface area contributed by atoms with Gasteiger partial charge in [-0.3, -0.25) is 0 Å². The fourth-order valence-corrected chi connectivity index (χ4v) is 3.23. The molecule has 0 unspecified atom stereocenters. The van der Waals surface area contributed by atoms with Gasteiger partial charge in [0.2, 0.25) is 0 Å². The van der Waals surface area contributed by atoms with Gasteiger partial charge in [0.25, 0.3) is 0 Å². The Morgan fingerprint density at radius 1 is 1.33 bits per heavy atom. The number of halogens is 2. The lowest BCUT2D eigenvalue weighted by molar-refractivity contribution is -0.146. The molecule has 4 nitrogen and oxygen atoms in total. The minimum atomic E-state index is -0.555. The minimum Gasteiger partial charge on any atom is -0.481 e. The smallest absolute Gasteiger partial charge is 0.372 e. The van der Waals surface area contributed by atoms with Crippen molar-refractivity contribution in [3.8, 4) is 5.75 Å². The van der Waals surface area contributed by atoms with E-state index in [4.69, 9.17) is 9.57 Å². The molecule has 2 rings (SSSR count). The van der Waals surface area contributed by atoms with Crippen LogP contribution in [-0.4, -0.2) is 18.3 Å². The quantitative estimate of drug-likeness (QED) is 0.393. The summed E-state index contributed by atoms with van der Waals surface area (Å²) in [6.07, 6.45) is 0. The monoisotopic (exact) mass is 431 g/mol. The molecular formula is C14H11Br2NO3S. The molecule has 1 aromatic heterocycles. The van der Waals surface area contributed by atoms with E-state index in [1.807, 2.05) is 29.6 Å². The summed E-state index contributed by atoms with van der Waals surface area (Å²) in [6, 6.07) is 9.23. The zero-order valence-electron chi connectivity index (χ0n) is 11.0. The molecule has 0 aliphatic carbocycles. The molecule has 0 saturated carbocycles. The molecule has 21 heavy (non-hydrogen) atoms. The molecule has 2 aromatic rings. The van der Waals surface area contributed by atoms with Crippen LogP contribution in [-0.2, 0) is 9.63 Å².